The first-order chi connectivity index (χ1) is 21.2. The van der Waals surface area contributed by atoms with E-state index in [2.05, 4.69) is 10.1 Å². The van der Waals surface area contributed by atoms with Gasteiger partial charge in [0.2, 0.25) is 0 Å². The molecule has 4 rings (SSSR count). The molecule has 2 atom stereocenters. The first kappa shape index (κ1) is 32.4. The van der Waals surface area contributed by atoms with Crippen LogP contribution in [0.1, 0.15) is 46.6 Å². The van der Waals surface area contributed by atoms with Crippen LogP contribution in [0, 0.1) is 6.92 Å². The fourth-order valence-corrected chi connectivity index (χ4v) is 5.62. The number of aromatic hydroxyl groups is 1. The standard InChI is InChI=1S/C33H35N2O8P/c1-23(2)42-33(38)31(18-25-14-16-28(17-15-25)40-21-26-10-6-4-7-11-26)35-44(39,43-29-12-8-5-9-13-29)41-22-27-19-34-24(3)32(37)30(27)20-36/h4-17,19-20,23,31,37H,18,21-22H2,1-3H3,(H,35,39)/t31-,44?/m0/s1. The summed E-state index contributed by atoms with van der Waals surface area (Å²) in [5.74, 6) is -0.0930. The molecular formula is C33H35N2O8P. The van der Waals surface area contributed by atoms with Gasteiger partial charge >= 0.3 is 13.7 Å². The van der Waals surface area contributed by atoms with Crippen molar-refractivity contribution in [2.24, 2.45) is 0 Å². The lowest BCUT2D eigenvalue weighted by atomic mass is 10.1. The van der Waals surface area contributed by atoms with Crippen LogP contribution in [0.3, 0.4) is 0 Å². The molecule has 0 fully saturated rings. The lowest BCUT2D eigenvalue weighted by Gasteiger charge is -2.25. The lowest BCUT2D eigenvalue weighted by Crippen LogP contribution is -2.40. The Labute approximate surface area is 256 Å². The maximum Gasteiger partial charge on any atom is 0.459 e. The number of carbonyl (C=O) groups is 2. The number of aryl methyl sites for hydroxylation is 1. The number of benzene rings is 3. The Morgan fingerprint density at radius 1 is 0.932 bits per heavy atom. The van der Waals surface area contributed by atoms with Crippen molar-refractivity contribution in [3.8, 4) is 17.2 Å². The second kappa shape index (κ2) is 15.3. The molecule has 0 spiro atoms. The van der Waals surface area contributed by atoms with Gasteiger partial charge in [0.05, 0.1) is 24.0 Å². The molecule has 0 bridgehead atoms. The van der Waals surface area contributed by atoms with Crippen molar-refractivity contribution in [2.75, 3.05) is 0 Å². The molecule has 1 unspecified atom stereocenters. The Balaban J connectivity index is 1.56. The topological polar surface area (TPSA) is 133 Å². The molecule has 0 radical (unpaired) electrons. The number of hydrogen-bond donors (Lipinski definition) is 2. The van der Waals surface area contributed by atoms with E-state index in [-0.39, 0.29) is 34.7 Å². The van der Waals surface area contributed by atoms with Gasteiger partial charge in [0, 0.05) is 11.8 Å². The second-order valence-corrected chi connectivity index (χ2v) is 11.9. The van der Waals surface area contributed by atoms with Crippen LogP contribution in [-0.4, -0.2) is 34.5 Å². The van der Waals surface area contributed by atoms with Gasteiger partial charge in [-0.2, -0.15) is 5.09 Å². The number of ether oxygens (including phenoxy) is 2. The Morgan fingerprint density at radius 3 is 2.23 bits per heavy atom. The molecular weight excluding hydrogens is 583 g/mol. The third-order valence-corrected chi connectivity index (χ3v) is 7.94. The highest BCUT2D eigenvalue weighted by Crippen LogP contribution is 2.46. The number of hydrogen-bond acceptors (Lipinski definition) is 9. The third-order valence-electron chi connectivity index (χ3n) is 6.40. The second-order valence-electron chi connectivity index (χ2n) is 10.2. The summed E-state index contributed by atoms with van der Waals surface area (Å²) in [5, 5.41) is 13.0. The molecule has 230 valence electrons. The van der Waals surface area contributed by atoms with Gasteiger partial charge in [-0.15, -0.1) is 0 Å². The number of carbonyl (C=O) groups excluding carboxylic acids is 2. The van der Waals surface area contributed by atoms with Crippen molar-refractivity contribution < 1.29 is 37.8 Å². The molecule has 44 heavy (non-hydrogen) atoms. The van der Waals surface area contributed by atoms with Crippen molar-refractivity contribution in [2.45, 2.75) is 52.6 Å². The summed E-state index contributed by atoms with van der Waals surface area (Å²) >= 11 is 0. The van der Waals surface area contributed by atoms with Crippen LogP contribution in [0.2, 0.25) is 0 Å². The van der Waals surface area contributed by atoms with E-state index >= 15 is 0 Å². The van der Waals surface area contributed by atoms with E-state index in [0.29, 0.717) is 18.6 Å². The maximum absolute atomic E-state index is 14.2. The molecule has 10 nitrogen and oxygen atoms in total. The molecule has 0 aliphatic carbocycles. The van der Waals surface area contributed by atoms with E-state index < -0.39 is 32.5 Å². The van der Waals surface area contributed by atoms with Crippen LogP contribution in [-0.2, 0) is 38.3 Å². The molecule has 0 aliphatic heterocycles. The Kier molecular flexibility index (Phi) is 11.3. The van der Waals surface area contributed by atoms with Gasteiger partial charge in [0.1, 0.15) is 29.9 Å². The van der Waals surface area contributed by atoms with Crippen LogP contribution >= 0.6 is 7.75 Å². The van der Waals surface area contributed by atoms with Crippen molar-refractivity contribution in [1.82, 2.24) is 10.1 Å². The summed E-state index contributed by atoms with van der Waals surface area (Å²) in [6.07, 6.45) is 1.46. The molecule has 1 aromatic heterocycles. The number of para-hydroxylation sites is 1. The summed E-state index contributed by atoms with van der Waals surface area (Å²) in [5.41, 5.74) is 2.16. The minimum Gasteiger partial charge on any atom is -0.505 e. The fourth-order valence-electron chi connectivity index (χ4n) is 4.15. The van der Waals surface area contributed by atoms with Gasteiger partial charge in [0.25, 0.3) is 0 Å². The minimum absolute atomic E-state index is 0.0471. The molecule has 4 aromatic rings. The summed E-state index contributed by atoms with van der Waals surface area (Å²) in [6.45, 7) is 4.96. The zero-order valence-electron chi connectivity index (χ0n) is 24.7. The Bertz CT molecular complexity index is 1580. The van der Waals surface area contributed by atoms with Gasteiger partial charge in [-0.05, 0) is 62.6 Å². The molecule has 2 N–H and O–H groups in total. The Morgan fingerprint density at radius 2 is 1.59 bits per heavy atom. The average Bonchev–Trinajstić information content (AvgIpc) is 3.01. The predicted octanol–water partition coefficient (Wildman–Crippen LogP) is 6.34. The monoisotopic (exact) mass is 618 g/mol. The summed E-state index contributed by atoms with van der Waals surface area (Å²) in [7, 11) is -4.31. The highest BCUT2D eigenvalue weighted by Gasteiger charge is 2.35. The summed E-state index contributed by atoms with van der Waals surface area (Å²) in [6, 6.07) is 24.1. The number of aldehydes is 1. The minimum atomic E-state index is -4.31. The van der Waals surface area contributed by atoms with E-state index in [4.69, 9.17) is 18.5 Å². The first-order valence-corrected chi connectivity index (χ1v) is 15.6. The lowest BCUT2D eigenvalue weighted by molar-refractivity contribution is -0.149. The van der Waals surface area contributed by atoms with Crippen LogP contribution in [0.4, 0.5) is 0 Å². The largest absolute Gasteiger partial charge is 0.505 e. The van der Waals surface area contributed by atoms with Crippen LogP contribution in [0.5, 0.6) is 17.2 Å². The van der Waals surface area contributed by atoms with E-state index in [1.807, 2.05) is 30.3 Å². The van der Waals surface area contributed by atoms with Crippen LogP contribution in [0.15, 0.2) is 91.1 Å². The predicted molar refractivity (Wildman–Crippen MR) is 165 cm³/mol. The maximum atomic E-state index is 14.2. The normalized spacial score (nSPS) is 13.1. The van der Waals surface area contributed by atoms with E-state index in [1.165, 1.54) is 6.20 Å². The summed E-state index contributed by atoms with van der Waals surface area (Å²) in [4.78, 5) is 29.0. The van der Waals surface area contributed by atoms with Crippen molar-refractivity contribution >= 4 is 20.0 Å². The van der Waals surface area contributed by atoms with Crippen molar-refractivity contribution in [3.05, 3.63) is 119 Å². The zero-order valence-corrected chi connectivity index (χ0v) is 25.6. The molecule has 3 aromatic carbocycles. The number of pyridine rings is 1. The van der Waals surface area contributed by atoms with Gasteiger partial charge in [-0.3, -0.25) is 19.1 Å². The number of aromatic nitrogens is 1. The number of esters is 1. The summed E-state index contributed by atoms with van der Waals surface area (Å²) < 4.78 is 37.1. The molecule has 11 heteroatoms. The van der Waals surface area contributed by atoms with Gasteiger partial charge < -0.3 is 19.1 Å². The quantitative estimate of drug-likeness (QED) is 0.0883. The van der Waals surface area contributed by atoms with Crippen molar-refractivity contribution in [1.29, 1.82) is 0 Å². The highest BCUT2D eigenvalue weighted by atomic mass is 31.2. The number of nitrogens with one attached hydrogen (secondary N) is 1. The third kappa shape index (κ3) is 9.25. The van der Waals surface area contributed by atoms with E-state index in [9.17, 15) is 19.3 Å². The SMILES string of the molecule is Cc1ncc(COP(=O)(N[C@@H](Cc2ccc(OCc3ccccc3)cc2)C(=O)OC(C)C)Oc2ccccc2)c(C=O)c1O. The van der Waals surface area contributed by atoms with Gasteiger partial charge in [0.15, 0.2) is 6.29 Å². The Hall–Kier alpha value is -4.50. The smallest absolute Gasteiger partial charge is 0.459 e. The van der Waals surface area contributed by atoms with Gasteiger partial charge in [-0.1, -0.05) is 60.7 Å². The molecule has 0 amide bonds. The zero-order chi connectivity index (χ0) is 31.5. The van der Waals surface area contributed by atoms with Crippen molar-refractivity contribution in [3.63, 3.8) is 0 Å². The molecule has 1 heterocycles. The van der Waals surface area contributed by atoms with E-state index in [1.54, 1.807) is 75.4 Å². The van der Waals surface area contributed by atoms with Crippen LogP contribution in [0.25, 0.3) is 0 Å². The van der Waals surface area contributed by atoms with E-state index in [0.717, 1.165) is 11.1 Å². The average molecular weight is 619 g/mol. The highest BCUT2D eigenvalue weighted by molar-refractivity contribution is 7.52. The van der Waals surface area contributed by atoms with Gasteiger partial charge in [-0.25, -0.2) is 4.57 Å². The number of nitrogens with zero attached hydrogens (tertiary/aromatic N) is 1. The van der Waals surface area contributed by atoms with Crippen LogP contribution < -0.4 is 14.3 Å². The molecule has 0 aliphatic rings. The fraction of sp³-hybridized carbons (Fsp3) is 0.242. The number of rotatable bonds is 15. The first-order valence-electron chi connectivity index (χ1n) is 14.0. The molecule has 0 saturated carbocycles. The molecule has 0 saturated heterocycles.